The number of rotatable bonds is 66. The van der Waals surface area contributed by atoms with Crippen molar-refractivity contribution in [2.75, 3.05) is 47.5 Å². The highest BCUT2D eigenvalue weighted by Gasteiger charge is 2.22. The summed E-state index contributed by atoms with van der Waals surface area (Å²) in [6, 6.07) is 0. The number of esters is 2. The molecule has 2 unspecified atom stereocenters. The van der Waals surface area contributed by atoms with E-state index in [0.717, 1.165) is 96.3 Å². The summed E-state index contributed by atoms with van der Waals surface area (Å²) in [4.78, 5) is 38.1. The Morgan fingerprint density at radius 1 is 0.364 bits per heavy atom. The Morgan fingerprint density at radius 3 is 0.989 bits per heavy atom. The molecule has 0 spiro atoms. The van der Waals surface area contributed by atoms with E-state index < -0.39 is 32.5 Å². The van der Waals surface area contributed by atoms with Gasteiger partial charge in [0.2, 0.25) is 0 Å². The molecule has 0 saturated carbocycles. The van der Waals surface area contributed by atoms with E-state index in [-0.39, 0.29) is 26.1 Å². The van der Waals surface area contributed by atoms with Gasteiger partial charge in [0.25, 0.3) is 7.82 Å². The molecule has 10 heteroatoms. The van der Waals surface area contributed by atoms with Crippen LogP contribution in [0.4, 0.5) is 0 Å². The minimum atomic E-state index is -4.66. The van der Waals surface area contributed by atoms with Crippen LogP contribution >= 0.6 is 7.82 Å². The van der Waals surface area contributed by atoms with Gasteiger partial charge in [0.1, 0.15) is 19.8 Å². The zero-order valence-corrected chi connectivity index (χ0v) is 58.5. The maximum absolute atomic E-state index is 12.9. The van der Waals surface area contributed by atoms with Crippen molar-refractivity contribution < 1.29 is 42.1 Å². The number of nitrogens with zero attached hydrogens (tertiary/aromatic N) is 1. The van der Waals surface area contributed by atoms with E-state index in [1.54, 1.807) is 0 Å². The van der Waals surface area contributed by atoms with Crippen LogP contribution in [0.3, 0.4) is 0 Å². The molecule has 0 aromatic carbocycles. The lowest BCUT2D eigenvalue weighted by molar-refractivity contribution is -0.870. The summed E-state index contributed by atoms with van der Waals surface area (Å²) in [7, 11) is 1.14. The van der Waals surface area contributed by atoms with Gasteiger partial charge in [-0.15, -0.1) is 0 Å². The number of phosphoric ester groups is 1. The number of allylic oxidation sites excluding steroid dienone is 20. The Balaban J connectivity index is 4.11. The standard InChI is InChI=1S/C78H136NO8P/c1-6-8-10-12-14-16-18-20-22-24-26-28-30-32-34-36-38-39-41-42-44-46-48-50-52-54-56-58-60-62-64-66-68-70-77(80)84-74-76(75-86-88(82,83)85-73-72-79(3,4)5)87-78(81)71-69-67-65-63-61-59-57-55-53-51-49-47-45-43-40-37-35-33-31-29-27-25-23-21-19-17-15-13-11-9-7-2/h9,11,15,17,21,23-24,26-27,29,33,35,40,43,47,49,53,55,59,61,76H,6-8,10,12-14,16,18-20,22,25,28,30-32,34,36-39,41-42,44-46,48,50-52,54,56-58,60,62-75H2,1-5H3/b11-9-,17-15-,23-21-,26-24-,29-27-,35-33-,43-40-,49-47-,55-53-,61-59-. The lowest BCUT2D eigenvalue weighted by atomic mass is 10.0. The minimum Gasteiger partial charge on any atom is -0.756 e. The number of hydrogen-bond acceptors (Lipinski definition) is 8. The minimum absolute atomic E-state index is 0.0428. The summed E-state index contributed by atoms with van der Waals surface area (Å²) in [6.07, 6.45) is 97.2. The highest BCUT2D eigenvalue weighted by Crippen LogP contribution is 2.38. The van der Waals surface area contributed by atoms with Gasteiger partial charge in [0, 0.05) is 12.8 Å². The number of unbranched alkanes of at least 4 members (excludes halogenated alkanes) is 32. The van der Waals surface area contributed by atoms with Crippen LogP contribution in [0.15, 0.2) is 122 Å². The van der Waals surface area contributed by atoms with Crippen LogP contribution in [0.5, 0.6) is 0 Å². The average molecular weight is 1250 g/mol. The first kappa shape index (κ1) is 84.4. The number of carbonyl (C=O) groups excluding carboxylic acids is 2. The van der Waals surface area contributed by atoms with Gasteiger partial charge in [-0.05, 0) is 109 Å². The third kappa shape index (κ3) is 71.5. The maximum atomic E-state index is 12.9. The SMILES string of the molecule is CC/C=C\C/C=C\C/C=C\C/C=C\C/C=C\C/C=C\C/C=C\C/C=C\C/C=C\CCCCCC(=O)OC(COC(=O)CCCCCCCCCCCCCCCCCCCCCCC/C=C\CCCCCCCCCC)COP(=O)([O-])OCC[N+](C)(C)C. The molecule has 0 aliphatic heterocycles. The van der Waals surface area contributed by atoms with Crippen molar-refractivity contribution in [3.8, 4) is 0 Å². The Hall–Kier alpha value is -3.59. The molecule has 0 saturated heterocycles. The molecule has 0 aliphatic rings. The van der Waals surface area contributed by atoms with Gasteiger partial charge in [-0.2, -0.15) is 0 Å². The van der Waals surface area contributed by atoms with Crippen molar-refractivity contribution in [3.05, 3.63) is 122 Å². The molecule has 9 nitrogen and oxygen atoms in total. The fourth-order valence-corrected chi connectivity index (χ4v) is 10.7. The molecule has 0 aromatic rings. The van der Waals surface area contributed by atoms with E-state index in [0.29, 0.717) is 17.4 Å². The molecule has 0 amide bonds. The molecule has 0 rings (SSSR count). The fraction of sp³-hybridized carbons (Fsp3) is 0.718. The molecular formula is C78H136NO8P. The molecule has 0 aliphatic carbocycles. The van der Waals surface area contributed by atoms with E-state index >= 15 is 0 Å². The van der Waals surface area contributed by atoms with E-state index in [1.807, 2.05) is 21.1 Å². The highest BCUT2D eigenvalue weighted by molar-refractivity contribution is 7.45. The van der Waals surface area contributed by atoms with Crippen molar-refractivity contribution >= 4 is 19.8 Å². The van der Waals surface area contributed by atoms with Crippen molar-refractivity contribution in [2.24, 2.45) is 0 Å². The predicted octanol–water partition coefficient (Wildman–Crippen LogP) is 23.2. The molecule has 0 heterocycles. The zero-order valence-electron chi connectivity index (χ0n) is 57.6. The first-order chi connectivity index (χ1) is 43.0. The van der Waals surface area contributed by atoms with Gasteiger partial charge < -0.3 is 27.9 Å². The summed E-state index contributed by atoms with van der Waals surface area (Å²) in [5.41, 5.74) is 0. The van der Waals surface area contributed by atoms with Gasteiger partial charge in [-0.1, -0.05) is 309 Å². The second kappa shape index (κ2) is 67.8. The van der Waals surface area contributed by atoms with Crippen molar-refractivity contribution in [2.45, 2.75) is 315 Å². The molecule has 2 atom stereocenters. The normalized spacial score (nSPS) is 13.8. The Kier molecular flexibility index (Phi) is 65.0. The van der Waals surface area contributed by atoms with Crippen molar-refractivity contribution in [1.82, 2.24) is 0 Å². The monoisotopic (exact) mass is 1250 g/mol. The largest absolute Gasteiger partial charge is 0.756 e. The molecule has 506 valence electrons. The van der Waals surface area contributed by atoms with E-state index in [2.05, 4.69) is 135 Å². The van der Waals surface area contributed by atoms with Gasteiger partial charge >= 0.3 is 11.9 Å². The zero-order chi connectivity index (χ0) is 64.1. The second-order valence-electron chi connectivity index (χ2n) is 25.2. The van der Waals surface area contributed by atoms with Crippen LogP contribution in [0.2, 0.25) is 0 Å². The number of likely N-dealkylation sites (N-methyl/N-ethyl adjacent to an activating group) is 1. The summed E-state index contributed by atoms with van der Waals surface area (Å²) in [5.74, 6) is -0.869. The van der Waals surface area contributed by atoms with Gasteiger partial charge in [0.05, 0.1) is 27.7 Å². The third-order valence-electron chi connectivity index (χ3n) is 15.5. The fourth-order valence-electron chi connectivity index (χ4n) is 9.94. The molecule has 0 fully saturated rings. The Labute approximate surface area is 543 Å². The lowest BCUT2D eigenvalue weighted by Crippen LogP contribution is -2.37. The molecule has 88 heavy (non-hydrogen) atoms. The summed E-state index contributed by atoms with van der Waals surface area (Å²) in [5, 5.41) is 0. The number of hydrogen-bond donors (Lipinski definition) is 0. The Bertz CT molecular complexity index is 1900. The Morgan fingerprint density at radius 2 is 0.648 bits per heavy atom. The topological polar surface area (TPSA) is 111 Å². The molecule has 0 aromatic heterocycles. The highest BCUT2D eigenvalue weighted by atomic mass is 31.2. The van der Waals surface area contributed by atoms with Gasteiger partial charge in [0.15, 0.2) is 6.10 Å². The van der Waals surface area contributed by atoms with E-state index in [9.17, 15) is 19.0 Å². The quantitative estimate of drug-likeness (QED) is 0.0195. The van der Waals surface area contributed by atoms with E-state index in [1.165, 1.54) is 180 Å². The van der Waals surface area contributed by atoms with Crippen molar-refractivity contribution in [1.29, 1.82) is 0 Å². The van der Waals surface area contributed by atoms with E-state index in [4.69, 9.17) is 18.5 Å². The summed E-state index contributed by atoms with van der Waals surface area (Å²) >= 11 is 0. The van der Waals surface area contributed by atoms with Crippen molar-refractivity contribution in [3.63, 3.8) is 0 Å². The summed E-state index contributed by atoms with van der Waals surface area (Å²) < 4.78 is 34.3. The first-order valence-corrected chi connectivity index (χ1v) is 37.7. The van der Waals surface area contributed by atoms with Crippen LogP contribution < -0.4 is 4.89 Å². The molecule has 0 N–H and O–H groups in total. The molecule has 0 bridgehead atoms. The van der Waals surface area contributed by atoms with Crippen LogP contribution in [0.1, 0.15) is 309 Å². The summed E-state index contributed by atoms with van der Waals surface area (Å²) in [6.45, 7) is 4.11. The van der Waals surface area contributed by atoms with Crippen LogP contribution in [0, 0.1) is 0 Å². The van der Waals surface area contributed by atoms with Crippen LogP contribution in [-0.2, 0) is 32.7 Å². The molecule has 0 radical (unpaired) electrons. The van der Waals surface area contributed by atoms with Gasteiger partial charge in [-0.3, -0.25) is 14.2 Å². The second-order valence-corrected chi connectivity index (χ2v) is 26.6. The number of phosphoric acid groups is 1. The number of ether oxygens (including phenoxy) is 2. The smallest absolute Gasteiger partial charge is 0.306 e. The lowest BCUT2D eigenvalue weighted by Gasteiger charge is -2.28. The average Bonchev–Trinajstić information content (AvgIpc) is 3.68. The molecular weight excluding hydrogens is 1110 g/mol. The van der Waals surface area contributed by atoms with Crippen LogP contribution in [-0.4, -0.2) is 70.0 Å². The maximum Gasteiger partial charge on any atom is 0.306 e. The van der Waals surface area contributed by atoms with Crippen LogP contribution in [0.25, 0.3) is 0 Å². The number of quaternary nitrogens is 1. The number of carbonyl (C=O) groups is 2. The van der Waals surface area contributed by atoms with Gasteiger partial charge in [-0.25, -0.2) is 0 Å². The first-order valence-electron chi connectivity index (χ1n) is 36.2. The predicted molar refractivity (Wildman–Crippen MR) is 378 cm³/mol. The third-order valence-corrected chi connectivity index (χ3v) is 16.4.